The van der Waals surface area contributed by atoms with Gasteiger partial charge in [-0.3, -0.25) is 0 Å². The van der Waals surface area contributed by atoms with Crippen molar-refractivity contribution in [3.63, 3.8) is 0 Å². The van der Waals surface area contributed by atoms with Crippen LogP contribution in [0.4, 0.5) is 0 Å². The van der Waals surface area contributed by atoms with Gasteiger partial charge in [-0.25, -0.2) is 0 Å². The minimum absolute atomic E-state index is 0.527. The van der Waals surface area contributed by atoms with Crippen molar-refractivity contribution >= 4 is 0 Å². The minimum Gasteiger partial charge on any atom is -0.483 e. The molecule has 0 aliphatic heterocycles. The number of aliphatic hydroxyl groups excluding tert-OH is 3. The van der Waals surface area contributed by atoms with E-state index in [1.165, 1.54) is 0 Å². The molecule has 0 spiro atoms. The second-order valence-corrected chi connectivity index (χ2v) is 5.40. The monoisotopic (exact) mass is 302 g/mol. The lowest BCUT2D eigenvalue weighted by Gasteiger charge is -2.28. The quantitative estimate of drug-likeness (QED) is 0.764. The van der Waals surface area contributed by atoms with E-state index >= 15 is 0 Å². The molecule has 0 radical (unpaired) electrons. The highest BCUT2D eigenvalue weighted by Crippen LogP contribution is 2.30. The molecule has 2 aromatic rings. The molecule has 0 aliphatic carbocycles. The predicted octanol–water partition coefficient (Wildman–Crippen LogP) is 2.14. The third-order valence-corrected chi connectivity index (χ3v) is 3.73. The van der Waals surface area contributed by atoms with Crippen LogP contribution < -0.4 is 4.74 Å². The van der Waals surface area contributed by atoms with Crippen LogP contribution in [0.3, 0.4) is 0 Å². The van der Waals surface area contributed by atoms with Crippen molar-refractivity contribution in [3.05, 3.63) is 65.2 Å². The fourth-order valence-corrected chi connectivity index (χ4v) is 2.36. The molecular formula is C18H22O4. The zero-order valence-electron chi connectivity index (χ0n) is 12.8. The maximum Gasteiger partial charge on any atom is 0.152 e. The Morgan fingerprint density at radius 1 is 0.909 bits per heavy atom. The molecule has 3 N–H and O–H groups in total. The van der Waals surface area contributed by atoms with Crippen molar-refractivity contribution in [1.82, 2.24) is 0 Å². The number of ether oxygens (including phenoxy) is 1. The normalized spacial score (nSPS) is 15.1. The number of hydrogen-bond acceptors (Lipinski definition) is 4. The molecule has 2 rings (SSSR count). The molecule has 0 saturated heterocycles. The van der Waals surface area contributed by atoms with Crippen LogP contribution in [0, 0.1) is 13.8 Å². The van der Waals surface area contributed by atoms with E-state index in [-0.39, 0.29) is 0 Å². The van der Waals surface area contributed by atoms with E-state index in [1.807, 2.05) is 62.4 Å². The van der Waals surface area contributed by atoms with E-state index in [4.69, 9.17) is 9.84 Å². The Hall–Kier alpha value is -1.88. The van der Waals surface area contributed by atoms with Gasteiger partial charge in [-0.05, 0) is 36.6 Å². The second kappa shape index (κ2) is 7.40. The molecule has 22 heavy (non-hydrogen) atoms. The van der Waals surface area contributed by atoms with Crippen LogP contribution in [0.5, 0.6) is 5.75 Å². The van der Waals surface area contributed by atoms with Crippen LogP contribution in [-0.2, 0) is 0 Å². The van der Waals surface area contributed by atoms with Crippen molar-refractivity contribution in [1.29, 1.82) is 0 Å². The molecule has 0 bridgehead atoms. The number of aryl methyl sites for hydroxylation is 2. The topological polar surface area (TPSA) is 69.9 Å². The Balaban J connectivity index is 2.38. The summed E-state index contributed by atoms with van der Waals surface area (Å²) in [6.07, 6.45) is -3.26. The molecule has 0 saturated carbocycles. The van der Waals surface area contributed by atoms with Crippen molar-refractivity contribution < 1.29 is 20.1 Å². The fraction of sp³-hybridized carbons (Fsp3) is 0.333. The third kappa shape index (κ3) is 3.65. The van der Waals surface area contributed by atoms with E-state index in [2.05, 4.69) is 0 Å². The van der Waals surface area contributed by atoms with Gasteiger partial charge in [0.1, 0.15) is 18.0 Å². The van der Waals surface area contributed by atoms with Gasteiger partial charge >= 0.3 is 0 Å². The zero-order chi connectivity index (χ0) is 16.1. The van der Waals surface area contributed by atoms with Crippen LogP contribution in [0.25, 0.3) is 0 Å². The Kier molecular flexibility index (Phi) is 5.55. The van der Waals surface area contributed by atoms with E-state index in [1.54, 1.807) is 0 Å². The van der Waals surface area contributed by atoms with Crippen LogP contribution in [0.2, 0.25) is 0 Å². The molecule has 0 fully saturated rings. The van der Waals surface area contributed by atoms with Gasteiger partial charge in [0.05, 0.1) is 6.61 Å². The number of hydrogen-bond donors (Lipinski definition) is 3. The SMILES string of the molecule is Cc1ccccc1OC(c1ccccc1C)[C@H](O)[C@H](O)CO. The third-order valence-electron chi connectivity index (χ3n) is 3.73. The van der Waals surface area contributed by atoms with Crippen molar-refractivity contribution in [2.24, 2.45) is 0 Å². The molecule has 0 amide bonds. The average Bonchev–Trinajstić information content (AvgIpc) is 2.53. The van der Waals surface area contributed by atoms with Gasteiger partial charge in [0.15, 0.2) is 6.10 Å². The smallest absolute Gasteiger partial charge is 0.152 e. The summed E-state index contributed by atoms with van der Waals surface area (Å²) >= 11 is 0. The van der Waals surface area contributed by atoms with Gasteiger partial charge < -0.3 is 20.1 Å². The maximum absolute atomic E-state index is 10.4. The molecule has 4 heteroatoms. The van der Waals surface area contributed by atoms with Gasteiger partial charge in [-0.2, -0.15) is 0 Å². The van der Waals surface area contributed by atoms with Gasteiger partial charge in [0, 0.05) is 0 Å². The number of benzene rings is 2. The first-order valence-corrected chi connectivity index (χ1v) is 7.29. The van der Waals surface area contributed by atoms with Crippen molar-refractivity contribution in [3.8, 4) is 5.75 Å². The first kappa shape index (κ1) is 16.5. The molecule has 0 heterocycles. The highest BCUT2D eigenvalue weighted by Gasteiger charge is 2.30. The summed E-state index contributed by atoms with van der Waals surface area (Å²) < 4.78 is 5.98. The summed E-state index contributed by atoms with van der Waals surface area (Å²) in [4.78, 5) is 0. The second-order valence-electron chi connectivity index (χ2n) is 5.40. The molecule has 118 valence electrons. The molecule has 2 aromatic carbocycles. The molecule has 0 aromatic heterocycles. The lowest BCUT2D eigenvalue weighted by Crippen LogP contribution is -2.37. The predicted molar refractivity (Wildman–Crippen MR) is 84.8 cm³/mol. The van der Waals surface area contributed by atoms with Crippen LogP contribution >= 0.6 is 0 Å². The lowest BCUT2D eigenvalue weighted by atomic mass is 9.96. The van der Waals surface area contributed by atoms with Crippen molar-refractivity contribution in [2.75, 3.05) is 6.61 Å². The highest BCUT2D eigenvalue weighted by molar-refractivity contribution is 5.35. The zero-order valence-corrected chi connectivity index (χ0v) is 12.8. The van der Waals surface area contributed by atoms with Gasteiger partial charge in [-0.15, -0.1) is 0 Å². The van der Waals surface area contributed by atoms with E-state index < -0.39 is 24.9 Å². The van der Waals surface area contributed by atoms with Crippen LogP contribution in [0.15, 0.2) is 48.5 Å². The highest BCUT2D eigenvalue weighted by atomic mass is 16.5. The molecule has 4 nitrogen and oxygen atoms in total. The summed E-state index contributed by atoms with van der Waals surface area (Å²) in [6.45, 7) is 3.31. The van der Waals surface area contributed by atoms with Gasteiger partial charge in [0.2, 0.25) is 0 Å². The van der Waals surface area contributed by atoms with Crippen LogP contribution in [0.1, 0.15) is 22.8 Å². The standard InChI is InChI=1S/C18H22O4/c1-12-7-3-5-9-14(12)18(17(21)15(20)11-19)22-16-10-6-4-8-13(16)2/h3-10,15,17-21H,11H2,1-2H3/t15-,17-,18?/m1/s1. The van der Waals surface area contributed by atoms with Crippen molar-refractivity contribution in [2.45, 2.75) is 32.2 Å². The summed E-state index contributed by atoms with van der Waals surface area (Å²) in [5.41, 5.74) is 2.67. The van der Waals surface area contributed by atoms with E-state index in [0.29, 0.717) is 5.75 Å². The molecule has 0 aliphatic rings. The van der Waals surface area contributed by atoms with Crippen LogP contribution in [-0.4, -0.2) is 34.1 Å². The summed E-state index contributed by atoms with van der Waals surface area (Å²) in [5.74, 6) is 0.639. The first-order valence-electron chi connectivity index (χ1n) is 7.29. The molecule has 1 unspecified atom stereocenters. The average molecular weight is 302 g/mol. The lowest BCUT2D eigenvalue weighted by molar-refractivity contribution is -0.0693. The Morgan fingerprint density at radius 2 is 1.50 bits per heavy atom. The summed E-state index contributed by atoms with van der Waals surface area (Å²) in [6, 6.07) is 15.0. The van der Waals surface area contributed by atoms with E-state index in [0.717, 1.165) is 16.7 Å². The Bertz CT molecular complexity index is 612. The summed E-state index contributed by atoms with van der Waals surface area (Å²) in [7, 11) is 0. The Morgan fingerprint density at radius 3 is 2.09 bits per heavy atom. The minimum atomic E-state index is -1.27. The number of para-hydroxylation sites is 1. The number of rotatable bonds is 6. The van der Waals surface area contributed by atoms with Gasteiger partial charge in [0.25, 0.3) is 0 Å². The van der Waals surface area contributed by atoms with E-state index in [9.17, 15) is 10.2 Å². The summed E-state index contributed by atoms with van der Waals surface area (Å²) in [5, 5.41) is 29.3. The molecule has 3 atom stereocenters. The molecular weight excluding hydrogens is 280 g/mol. The fourth-order valence-electron chi connectivity index (χ4n) is 2.36. The van der Waals surface area contributed by atoms with Gasteiger partial charge in [-0.1, -0.05) is 42.5 Å². The largest absolute Gasteiger partial charge is 0.483 e. The number of aliphatic hydroxyl groups is 3. The maximum atomic E-state index is 10.4. The first-order chi connectivity index (χ1) is 10.5. The Labute approximate surface area is 130 Å².